The van der Waals surface area contributed by atoms with Crippen LogP contribution in [0.4, 0.5) is 10.1 Å². The summed E-state index contributed by atoms with van der Waals surface area (Å²) < 4.78 is 35.4. The maximum atomic E-state index is 12.9. The summed E-state index contributed by atoms with van der Waals surface area (Å²) in [5, 5.41) is 5.64. The maximum absolute atomic E-state index is 12.9. The third-order valence-corrected chi connectivity index (χ3v) is 4.89. The van der Waals surface area contributed by atoms with Crippen LogP contribution in [0.3, 0.4) is 0 Å². The zero-order valence-corrected chi connectivity index (χ0v) is 11.7. The zero-order valence-electron chi connectivity index (χ0n) is 10.9. The Morgan fingerprint density at radius 1 is 1.40 bits per heavy atom. The number of benzene rings is 1. The van der Waals surface area contributed by atoms with Crippen molar-refractivity contribution in [1.29, 1.82) is 0 Å². The van der Waals surface area contributed by atoms with Gasteiger partial charge in [0.1, 0.15) is 5.82 Å². The average Bonchev–Trinajstić information content (AvgIpc) is 2.69. The van der Waals surface area contributed by atoms with Gasteiger partial charge >= 0.3 is 0 Å². The normalized spacial score (nSPS) is 20.8. The van der Waals surface area contributed by atoms with E-state index in [0.717, 1.165) is 0 Å². The van der Waals surface area contributed by atoms with E-state index in [9.17, 15) is 17.6 Å². The second kappa shape index (κ2) is 6.32. The van der Waals surface area contributed by atoms with Crippen molar-refractivity contribution in [3.63, 3.8) is 0 Å². The van der Waals surface area contributed by atoms with Gasteiger partial charge in [0.15, 0.2) is 9.84 Å². The van der Waals surface area contributed by atoms with Crippen LogP contribution in [0.25, 0.3) is 0 Å². The highest BCUT2D eigenvalue weighted by Gasteiger charge is 2.27. The number of hydrogen-bond donors (Lipinski definition) is 2. The van der Waals surface area contributed by atoms with Crippen molar-refractivity contribution in [3.05, 3.63) is 30.1 Å². The van der Waals surface area contributed by atoms with E-state index < -0.39 is 15.7 Å². The van der Waals surface area contributed by atoms with E-state index in [0.29, 0.717) is 18.7 Å². The first-order chi connectivity index (χ1) is 9.44. The second-order valence-electron chi connectivity index (χ2n) is 4.86. The average molecular weight is 300 g/mol. The first-order valence-corrected chi connectivity index (χ1v) is 8.26. The first-order valence-electron chi connectivity index (χ1n) is 6.44. The minimum atomic E-state index is -2.90. The van der Waals surface area contributed by atoms with Gasteiger partial charge in [-0.2, -0.15) is 0 Å². The zero-order chi connectivity index (χ0) is 14.6. The number of sulfone groups is 1. The lowest BCUT2D eigenvalue weighted by atomic mass is 10.2. The van der Waals surface area contributed by atoms with E-state index >= 15 is 0 Å². The monoisotopic (exact) mass is 300 g/mol. The Balaban J connectivity index is 1.71. The second-order valence-corrected chi connectivity index (χ2v) is 7.09. The molecule has 0 spiro atoms. The Hall–Kier alpha value is -1.47. The Morgan fingerprint density at radius 2 is 2.20 bits per heavy atom. The van der Waals surface area contributed by atoms with Gasteiger partial charge in [0.2, 0.25) is 5.91 Å². The van der Waals surface area contributed by atoms with Crippen molar-refractivity contribution in [3.8, 4) is 0 Å². The molecular formula is C13H17FN2O3S. The maximum Gasteiger partial charge on any atom is 0.225 e. The van der Waals surface area contributed by atoms with Gasteiger partial charge in [0.05, 0.1) is 11.5 Å². The minimum Gasteiger partial charge on any atom is -0.326 e. The van der Waals surface area contributed by atoms with Gasteiger partial charge in [0.25, 0.3) is 0 Å². The SMILES string of the molecule is O=C(CCNC1CCS(=O)(=O)C1)Nc1cccc(F)c1. The van der Waals surface area contributed by atoms with Crippen LogP contribution in [-0.2, 0) is 14.6 Å². The number of hydrogen-bond acceptors (Lipinski definition) is 4. The Morgan fingerprint density at radius 3 is 2.85 bits per heavy atom. The third kappa shape index (κ3) is 4.57. The first kappa shape index (κ1) is 14.9. The van der Waals surface area contributed by atoms with E-state index in [1.165, 1.54) is 18.2 Å². The summed E-state index contributed by atoms with van der Waals surface area (Å²) in [4.78, 5) is 11.6. The summed E-state index contributed by atoms with van der Waals surface area (Å²) in [5.74, 6) is -0.292. The van der Waals surface area contributed by atoms with E-state index in [1.54, 1.807) is 6.07 Å². The Kier molecular flexibility index (Phi) is 4.72. The fraction of sp³-hybridized carbons (Fsp3) is 0.462. The molecule has 1 atom stereocenters. The quantitative estimate of drug-likeness (QED) is 0.848. The number of carbonyl (C=O) groups excluding carboxylic acids is 1. The summed E-state index contributed by atoms with van der Waals surface area (Å²) >= 11 is 0. The highest BCUT2D eigenvalue weighted by molar-refractivity contribution is 7.91. The molecule has 5 nitrogen and oxygen atoms in total. The summed E-state index contributed by atoms with van der Waals surface area (Å²) in [6, 6.07) is 5.61. The van der Waals surface area contributed by atoms with Crippen LogP contribution in [0.5, 0.6) is 0 Å². The summed E-state index contributed by atoms with van der Waals surface area (Å²) in [6.07, 6.45) is 0.806. The Labute approximate surface area is 117 Å². The molecule has 0 saturated carbocycles. The van der Waals surface area contributed by atoms with E-state index in [1.807, 2.05) is 0 Å². The topological polar surface area (TPSA) is 75.3 Å². The largest absolute Gasteiger partial charge is 0.326 e. The van der Waals surface area contributed by atoms with Crippen LogP contribution in [0.1, 0.15) is 12.8 Å². The van der Waals surface area contributed by atoms with Crippen LogP contribution < -0.4 is 10.6 Å². The molecule has 1 aromatic carbocycles. The van der Waals surface area contributed by atoms with Gasteiger partial charge in [0, 0.05) is 24.7 Å². The molecule has 1 unspecified atom stereocenters. The molecule has 2 rings (SSSR count). The van der Waals surface area contributed by atoms with Crippen molar-refractivity contribution in [2.45, 2.75) is 18.9 Å². The summed E-state index contributed by atoms with van der Waals surface area (Å²) in [5.41, 5.74) is 0.415. The van der Waals surface area contributed by atoms with Crippen LogP contribution in [0.15, 0.2) is 24.3 Å². The van der Waals surface area contributed by atoms with E-state index in [2.05, 4.69) is 10.6 Å². The lowest BCUT2D eigenvalue weighted by molar-refractivity contribution is -0.116. The highest BCUT2D eigenvalue weighted by atomic mass is 32.2. The Bertz CT molecular complexity index is 589. The smallest absolute Gasteiger partial charge is 0.225 e. The molecular weight excluding hydrogens is 283 g/mol. The van der Waals surface area contributed by atoms with E-state index in [4.69, 9.17) is 0 Å². The number of rotatable bonds is 5. The number of anilines is 1. The van der Waals surface area contributed by atoms with Crippen molar-refractivity contribution < 1.29 is 17.6 Å². The molecule has 2 N–H and O–H groups in total. The molecule has 1 aliphatic rings. The molecule has 1 aliphatic heterocycles. The minimum absolute atomic E-state index is 0.0676. The predicted octanol–water partition coefficient (Wildman–Crippen LogP) is 0.931. The fourth-order valence-corrected chi connectivity index (χ4v) is 3.84. The van der Waals surface area contributed by atoms with Crippen molar-refractivity contribution in [1.82, 2.24) is 5.32 Å². The van der Waals surface area contributed by atoms with Gasteiger partial charge in [-0.05, 0) is 24.6 Å². The number of carbonyl (C=O) groups is 1. The molecule has 7 heteroatoms. The van der Waals surface area contributed by atoms with Gasteiger partial charge in [-0.3, -0.25) is 4.79 Å². The standard InChI is InChI=1S/C13H17FN2O3S/c14-10-2-1-3-11(8-10)16-13(17)4-6-15-12-5-7-20(18,19)9-12/h1-3,8,12,15H,4-7,9H2,(H,16,17). The number of amides is 1. The molecule has 1 saturated heterocycles. The van der Waals surface area contributed by atoms with Crippen LogP contribution >= 0.6 is 0 Å². The molecule has 0 aromatic heterocycles. The van der Waals surface area contributed by atoms with Crippen molar-refractivity contribution in [2.75, 3.05) is 23.4 Å². The molecule has 1 aromatic rings. The lowest BCUT2D eigenvalue weighted by Crippen LogP contribution is -2.32. The molecule has 0 bridgehead atoms. The lowest BCUT2D eigenvalue weighted by Gasteiger charge is -2.10. The predicted molar refractivity (Wildman–Crippen MR) is 74.7 cm³/mol. The van der Waals surface area contributed by atoms with Gasteiger partial charge in [-0.25, -0.2) is 12.8 Å². The van der Waals surface area contributed by atoms with Gasteiger partial charge < -0.3 is 10.6 Å². The molecule has 20 heavy (non-hydrogen) atoms. The van der Waals surface area contributed by atoms with Crippen molar-refractivity contribution >= 4 is 21.4 Å². The van der Waals surface area contributed by atoms with Crippen LogP contribution in [0.2, 0.25) is 0 Å². The summed E-state index contributed by atoms with van der Waals surface area (Å²) in [6.45, 7) is 0.404. The molecule has 0 aliphatic carbocycles. The van der Waals surface area contributed by atoms with Gasteiger partial charge in [-0.15, -0.1) is 0 Å². The molecule has 0 radical (unpaired) electrons. The number of halogens is 1. The van der Waals surface area contributed by atoms with E-state index in [-0.39, 0.29) is 29.9 Å². The van der Waals surface area contributed by atoms with Crippen LogP contribution in [0, 0.1) is 5.82 Å². The third-order valence-electron chi connectivity index (χ3n) is 3.13. The molecule has 1 fully saturated rings. The molecule has 1 heterocycles. The molecule has 110 valence electrons. The number of nitrogens with one attached hydrogen (secondary N) is 2. The van der Waals surface area contributed by atoms with Crippen LogP contribution in [-0.4, -0.2) is 38.4 Å². The van der Waals surface area contributed by atoms with Gasteiger partial charge in [-0.1, -0.05) is 6.07 Å². The highest BCUT2D eigenvalue weighted by Crippen LogP contribution is 2.11. The summed E-state index contributed by atoms with van der Waals surface area (Å²) in [7, 11) is -2.90. The fourth-order valence-electron chi connectivity index (χ4n) is 2.14. The molecule has 1 amide bonds. The van der Waals surface area contributed by atoms with Crippen molar-refractivity contribution in [2.24, 2.45) is 0 Å².